The van der Waals surface area contributed by atoms with Crippen molar-refractivity contribution in [3.05, 3.63) is 74.3 Å². The summed E-state index contributed by atoms with van der Waals surface area (Å²) >= 11 is 0. The van der Waals surface area contributed by atoms with E-state index in [4.69, 9.17) is 0 Å². The number of amides is 1. The van der Waals surface area contributed by atoms with Crippen molar-refractivity contribution in [2.24, 2.45) is 0 Å². The zero-order chi connectivity index (χ0) is 20.1. The van der Waals surface area contributed by atoms with E-state index in [0.717, 1.165) is 11.1 Å². The Morgan fingerprint density at radius 1 is 1.26 bits per heavy atom. The van der Waals surface area contributed by atoms with Gasteiger partial charge in [0.25, 0.3) is 11.6 Å². The molecule has 0 aliphatic heterocycles. The summed E-state index contributed by atoms with van der Waals surface area (Å²) in [5, 5.41) is 23.4. The maximum atomic E-state index is 12.5. The average molecular weight is 363 g/mol. The number of rotatable bonds is 5. The van der Waals surface area contributed by atoms with Crippen LogP contribution in [0.5, 0.6) is 0 Å². The van der Waals surface area contributed by atoms with Gasteiger partial charge in [0, 0.05) is 17.3 Å². The largest absolute Gasteiger partial charge is 0.321 e. The minimum Gasteiger partial charge on any atom is -0.321 e. The Bertz CT molecular complexity index is 969. The third kappa shape index (κ3) is 4.59. The van der Waals surface area contributed by atoms with Gasteiger partial charge in [-0.25, -0.2) is 0 Å². The predicted molar refractivity (Wildman–Crippen MR) is 105 cm³/mol. The number of nitro benzene ring substituents is 1. The number of aryl methyl sites for hydroxylation is 1. The van der Waals surface area contributed by atoms with Gasteiger partial charge in [0.1, 0.15) is 11.6 Å². The summed E-state index contributed by atoms with van der Waals surface area (Å²) in [6.07, 6.45) is 1.36. The number of anilines is 1. The van der Waals surface area contributed by atoms with Gasteiger partial charge < -0.3 is 5.32 Å². The molecule has 1 N–H and O–H groups in total. The minimum atomic E-state index is -0.554. The molecule has 0 fully saturated rings. The highest BCUT2D eigenvalue weighted by Gasteiger charge is 2.18. The summed E-state index contributed by atoms with van der Waals surface area (Å²) in [6.45, 7) is 7.56. The molecule has 0 aliphatic carbocycles. The smallest absolute Gasteiger partial charge is 0.273 e. The molecule has 0 unspecified atom stereocenters. The van der Waals surface area contributed by atoms with Crippen molar-refractivity contribution < 1.29 is 9.72 Å². The number of nitro groups is 1. The monoisotopic (exact) mass is 363 g/mol. The number of hydrogen-bond acceptors (Lipinski definition) is 4. The maximum Gasteiger partial charge on any atom is 0.273 e. The Kier molecular flexibility index (Phi) is 6.09. The lowest BCUT2D eigenvalue weighted by Gasteiger charge is -2.10. The second kappa shape index (κ2) is 8.28. The van der Waals surface area contributed by atoms with E-state index in [1.54, 1.807) is 18.2 Å². The van der Waals surface area contributed by atoms with Crippen molar-refractivity contribution in [2.45, 2.75) is 33.6 Å². The highest BCUT2D eigenvalue weighted by atomic mass is 16.6. The van der Waals surface area contributed by atoms with Crippen LogP contribution in [0, 0.1) is 35.3 Å². The molecule has 2 aromatic carbocycles. The number of nitriles is 1. The van der Waals surface area contributed by atoms with Gasteiger partial charge in [-0.05, 0) is 48.6 Å². The molecular weight excluding hydrogens is 342 g/mol. The molecule has 2 aromatic rings. The minimum absolute atomic E-state index is 0.00791. The van der Waals surface area contributed by atoms with Crippen molar-refractivity contribution in [2.75, 3.05) is 5.32 Å². The highest BCUT2D eigenvalue weighted by Crippen LogP contribution is 2.28. The third-order valence-electron chi connectivity index (χ3n) is 4.40. The lowest BCUT2D eigenvalue weighted by molar-refractivity contribution is -0.385. The summed E-state index contributed by atoms with van der Waals surface area (Å²) in [5.74, 6) is -0.562. The van der Waals surface area contributed by atoms with Gasteiger partial charge in [0.15, 0.2) is 0 Å². The fourth-order valence-corrected chi connectivity index (χ4v) is 2.69. The summed E-state index contributed by atoms with van der Waals surface area (Å²) in [7, 11) is 0. The summed E-state index contributed by atoms with van der Waals surface area (Å²) in [5.41, 5.74) is 3.46. The fraction of sp³-hybridized carbons (Fsp3) is 0.238. The van der Waals surface area contributed by atoms with Crippen LogP contribution in [0.2, 0.25) is 0 Å². The Morgan fingerprint density at radius 3 is 2.56 bits per heavy atom. The molecule has 0 spiro atoms. The number of hydrogen-bond donors (Lipinski definition) is 1. The molecule has 0 radical (unpaired) electrons. The van der Waals surface area contributed by atoms with Crippen LogP contribution in [0.25, 0.3) is 6.08 Å². The number of nitrogens with zero attached hydrogens (tertiary/aromatic N) is 2. The van der Waals surface area contributed by atoms with E-state index < -0.39 is 10.8 Å². The van der Waals surface area contributed by atoms with Crippen molar-refractivity contribution >= 4 is 23.4 Å². The molecule has 0 bridgehead atoms. The number of carbonyl (C=O) groups is 1. The summed E-state index contributed by atoms with van der Waals surface area (Å²) in [4.78, 5) is 23.3. The third-order valence-corrected chi connectivity index (χ3v) is 4.40. The van der Waals surface area contributed by atoms with Gasteiger partial charge >= 0.3 is 0 Å². The van der Waals surface area contributed by atoms with E-state index in [1.807, 2.05) is 45.9 Å². The normalized spacial score (nSPS) is 11.2. The van der Waals surface area contributed by atoms with Gasteiger partial charge in [-0.3, -0.25) is 14.9 Å². The van der Waals surface area contributed by atoms with E-state index in [1.165, 1.54) is 12.1 Å². The van der Waals surface area contributed by atoms with Crippen LogP contribution in [0.4, 0.5) is 11.4 Å². The molecule has 0 heterocycles. The molecule has 138 valence electrons. The van der Waals surface area contributed by atoms with Gasteiger partial charge in [0.05, 0.1) is 4.92 Å². The molecule has 6 nitrogen and oxygen atoms in total. The predicted octanol–water partition coefficient (Wildman–Crippen LogP) is 4.88. The topological polar surface area (TPSA) is 96.0 Å². The van der Waals surface area contributed by atoms with E-state index in [0.29, 0.717) is 16.8 Å². The second-order valence-corrected chi connectivity index (χ2v) is 6.60. The summed E-state index contributed by atoms with van der Waals surface area (Å²) < 4.78 is 0. The molecular formula is C21H21N3O3. The first kappa shape index (κ1) is 19.9. The average Bonchev–Trinajstić information content (AvgIpc) is 2.63. The van der Waals surface area contributed by atoms with Gasteiger partial charge in [-0.1, -0.05) is 38.1 Å². The van der Waals surface area contributed by atoms with Crippen molar-refractivity contribution in [3.63, 3.8) is 0 Å². The standard InChI is InChI=1S/C21H21N3O3/c1-13(2)18-9-8-16(11-20(18)24(26)27)10-17(12-22)21(25)23-19-7-5-6-14(3)15(19)4/h5-11,13H,1-4H3,(H,23,25)/b17-10+. The van der Waals surface area contributed by atoms with Crippen molar-refractivity contribution in [1.29, 1.82) is 5.26 Å². The molecule has 1 amide bonds. The van der Waals surface area contributed by atoms with E-state index in [2.05, 4.69) is 5.32 Å². The maximum absolute atomic E-state index is 12.5. The van der Waals surface area contributed by atoms with Crippen molar-refractivity contribution in [3.8, 4) is 6.07 Å². The Balaban J connectivity index is 2.37. The van der Waals surface area contributed by atoms with Crippen LogP contribution in [-0.2, 0) is 4.79 Å². The first-order valence-electron chi connectivity index (χ1n) is 8.52. The molecule has 0 saturated carbocycles. The first-order chi connectivity index (χ1) is 12.7. The highest BCUT2D eigenvalue weighted by molar-refractivity contribution is 6.10. The van der Waals surface area contributed by atoms with Gasteiger partial charge in [-0.15, -0.1) is 0 Å². The number of carbonyl (C=O) groups excluding carboxylic acids is 1. The van der Waals surface area contributed by atoms with Crippen molar-refractivity contribution in [1.82, 2.24) is 0 Å². The lowest BCUT2D eigenvalue weighted by Crippen LogP contribution is -2.14. The van der Waals surface area contributed by atoms with Crippen LogP contribution >= 0.6 is 0 Å². The lowest BCUT2D eigenvalue weighted by atomic mass is 9.98. The van der Waals surface area contributed by atoms with E-state index >= 15 is 0 Å². The molecule has 0 atom stereocenters. The SMILES string of the molecule is Cc1cccc(NC(=O)/C(C#N)=C/c2ccc(C(C)C)c([N+](=O)[O-])c2)c1C. The second-order valence-electron chi connectivity index (χ2n) is 6.60. The number of nitrogens with one attached hydrogen (secondary N) is 1. The number of benzene rings is 2. The quantitative estimate of drug-likeness (QED) is 0.354. The first-order valence-corrected chi connectivity index (χ1v) is 8.52. The Labute approximate surface area is 158 Å². The van der Waals surface area contributed by atoms with Crippen LogP contribution in [0.3, 0.4) is 0 Å². The van der Waals surface area contributed by atoms with Crippen LogP contribution in [0.15, 0.2) is 42.0 Å². The van der Waals surface area contributed by atoms with Gasteiger partial charge in [0.2, 0.25) is 0 Å². The van der Waals surface area contributed by atoms with E-state index in [-0.39, 0.29) is 17.2 Å². The van der Waals surface area contributed by atoms with E-state index in [9.17, 15) is 20.2 Å². The molecule has 27 heavy (non-hydrogen) atoms. The van der Waals surface area contributed by atoms with Crippen LogP contribution < -0.4 is 5.32 Å². The fourth-order valence-electron chi connectivity index (χ4n) is 2.69. The zero-order valence-electron chi connectivity index (χ0n) is 15.7. The van der Waals surface area contributed by atoms with Crippen LogP contribution in [-0.4, -0.2) is 10.8 Å². The van der Waals surface area contributed by atoms with Crippen LogP contribution in [0.1, 0.15) is 42.0 Å². The molecule has 6 heteroatoms. The molecule has 0 saturated heterocycles. The molecule has 0 aromatic heterocycles. The Hall–Kier alpha value is -3.46. The summed E-state index contributed by atoms with van der Waals surface area (Å²) in [6, 6.07) is 12.1. The van der Waals surface area contributed by atoms with Gasteiger partial charge in [-0.2, -0.15) is 5.26 Å². The molecule has 2 rings (SSSR count). The molecule has 0 aliphatic rings. The Morgan fingerprint density at radius 2 is 1.96 bits per heavy atom. The zero-order valence-corrected chi connectivity index (χ0v) is 15.7.